The fourth-order valence-corrected chi connectivity index (χ4v) is 8.59. The smallest absolute Gasteiger partial charge is 0.220 e. The van der Waals surface area contributed by atoms with Gasteiger partial charge in [0.1, 0.15) is 37.2 Å². The summed E-state index contributed by atoms with van der Waals surface area (Å²) in [5.41, 5.74) is 0. The number of halogens is 1. The molecule has 0 saturated carbocycles. The number of carbonyl (C=O) groups excluding carboxylic acids is 1. The van der Waals surface area contributed by atoms with Crippen LogP contribution in [-0.4, -0.2) is 93.7 Å². The Morgan fingerprint density at radius 2 is 0.883 bits per heavy atom. The maximum atomic E-state index is 13.4. The van der Waals surface area contributed by atoms with E-state index in [0.717, 1.165) is 44.9 Å². The van der Waals surface area contributed by atoms with Gasteiger partial charge in [0.05, 0.1) is 18.8 Å². The highest BCUT2D eigenvalue weighted by Gasteiger charge is 2.45. The van der Waals surface area contributed by atoms with Crippen LogP contribution in [0.1, 0.15) is 251 Å². The number of rotatable bonds is 44. The Morgan fingerprint density at radius 1 is 0.533 bits per heavy atom. The van der Waals surface area contributed by atoms with Crippen molar-refractivity contribution in [1.29, 1.82) is 0 Å². The maximum absolute atomic E-state index is 13.4. The van der Waals surface area contributed by atoms with Crippen molar-refractivity contribution >= 4 is 5.91 Å². The third-order valence-corrected chi connectivity index (χ3v) is 12.8. The summed E-state index contributed by atoms with van der Waals surface area (Å²) in [6, 6.07) is -1.02. The van der Waals surface area contributed by atoms with Gasteiger partial charge in [0.15, 0.2) is 6.29 Å². The summed E-state index contributed by atoms with van der Waals surface area (Å²) in [5.74, 6) is -0.272. The summed E-state index contributed by atoms with van der Waals surface area (Å²) >= 11 is 0. The first kappa shape index (κ1) is 57.1. The van der Waals surface area contributed by atoms with Crippen LogP contribution in [0.2, 0.25) is 0 Å². The van der Waals surface area contributed by atoms with E-state index in [-0.39, 0.29) is 18.9 Å². The second-order valence-electron chi connectivity index (χ2n) is 18.4. The van der Waals surface area contributed by atoms with Crippen LogP contribution < -0.4 is 5.32 Å². The van der Waals surface area contributed by atoms with Gasteiger partial charge in [0, 0.05) is 6.42 Å². The number of hydrogen-bond acceptors (Lipinski definition) is 8. The Hall–Kier alpha value is -0.880. The van der Waals surface area contributed by atoms with E-state index < -0.39 is 55.6 Å². The van der Waals surface area contributed by atoms with E-state index in [1.807, 2.05) is 0 Å². The summed E-state index contributed by atoms with van der Waals surface area (Å²) in [5, 5.41) is 55.5. The second-order valence-corrected chi connectivity index (χ2v) is 18.4. The molecule has 0 bridgehead atoms. The lowest BCUT2D eigenvalue weighted by Crippen LogP contribution is -2.60. The molecular weight excluding hydrogens is 762 g/mol. The van der Waals surface area contributed by atoms with Crippen LogP contribution in [0, 0.1) is 0 Å². The zero-order valence-electron chi connectivity index (χ0n) is 39.0. The van der Waals surface area contributed by atoms with Crippen molar-refractivity contribution < 1.29 is 44.2 Å². The van der Waals surface area contributed by atoms with Crippen LogP contribution in [0.5, 0.6) is 0 Å². The summed E-state index contributed by atoms with van der Waals surface area (Å²) in [4.78, 5) is 13.0. The second kappa shape index (κ2) is 40.9. The Labute approximate surface area is 368 Å². The third kappa shape index (κ3) is 30.2. The van der Waals surface area contributed by atoms with Gasteiger partial charge in [-0.25, -0.2) is 4.39 Å². The first-order chi connectivity index (χ1) is 29.3. The van der Waals surface area contributed by atoms with Crippen LogP contribution in [0.15, 0.2) is 0 Å². The van der Waals surface area contributed by atoms with Gasteiger partial charge in [-0.3, -0.25) is 4.79 Å². The van der Waals surface area contributed by atoms with Gasteiger partial charge in [-0.2, -0.15) is 0 Å². The number of amides is 1. The molecule has 1 rings (SSSR count). The molecule has 1 aliphatic rings. The number of ether oxygens (including phenoxy) is 2. The SMILES string of the molecule is CCCCCCCCCCCCCCCCCCCCCCCCCC(=O)N[C@@H](CO[C@@H]1OC(CF)[C@H](O)[C@H](O)C1O)[C@H](O)[C@H](O)CCCCCCCCCCCCCC. The average Bonchev–Trinajstić information content (AvgIpc) is 3.25. The predicted octanol–water partition coefficient (Wildman–Crippen LogP) is 11.5. The first-order valence-electron chi connectivity index (χ1n) is 25.8. The highest BCUT2D eigenvalue weighted by Crippen LogP contribution is 2.24. The van der Waals surface area contributed by atoms with Crippen molar-refractivity contribution in [2.75, 3.05) is 13.3 Å². The van der Waals surface area contributed by atoms with Gasteiger partial charge in [-0.15, -0.1) is 0 Å². The zero-order valence-corrected chi connectivity index (χ0v) is 39.0. The third-order valence-electron chi connectivity index (χ3n) is 12.8. The lowest BCUT2D eigenvalue weighted by atomic mass is 9.98. The van der Waals surface area contributed by atoms with E-state index in [0.29, 0.717) is 12.8 Å². The van der Waals surface area contributed by atoms with Gasteiger partial charge in [0.2, 0.25) is 5.91 Å². The summed E-state index contributed by atoms with van der Waals surface area (Å²) in [7, 11) is 0. The van der Waals surface area contributed by atoms with Crippen LogP contribution in [0.3, 0.4) is 0 Å². The molecule has 1 heterocycles. The van der Waals surface area contributed by atoms with E-state index in [4.69, 9.17) is 9.47 Å². The number of aliphatic hydroxyl groups excluding tert-OH is 5. The highest BCUT2D eigenvalue weighted by molar-refractivity contribution is 5.76. The van der Waals surface area contributed by atoms with Crippen molar-refractivity contribution in [2.45, 2.75) is 300 Å². The number of alkyl halides is 1. The van der Waals surface area contributed by atoms with E-state index in [1.54, 1.807) is 0 Å². The summed E-state index contributed by atoms with van der Waals surface area (Å²) in [6.45, 7) is 3.08. The van der Waals surface area contributed by atoms with Crippen molar-refractivity contribution in [2.24, 2.45) is 0 Å². The molecule has 0 aromatic carbocycles. The minimum absolute atomic E-state index is 0.272. The minimum atomic E-state index is -1.68. The number of nitrogens with one attached hydrogen (secondary N) is 1. The average molecular weight is 860 g/mol. The fourth-order valence-electron chi connectivity index (χ4n) is 8.59. The molecule has 0 aromatic heterocycles. The Kier molecular flexibility index (Phi) is 38.9. The maximum Gasteiger partial charge on any atom is 0.220 e. The molecule has 0 aromatic rings. The zero-order chi connectivity index (χ0) is 43.9. The normalized spacial score (nSPS) is 21.0. The summed E-state index contributed by atoms with van der Waals surface area (Å²) in [6.07, 6.45) is 34.6. The molecule has 9 nitrogen and oxygen atoms in total. The molecular formula is C50H98FNO8. The molecule has 60 heavy (non-hydrogen) atoms. The van der Waals surface area contributed by atoms with Crippen LogP contribution in [-0.2, 0) is 14.3 Å². The van der Waals surface area contributed by atoms with E-state index in [2.05, 4.69) is 19.2 Å². The predicted molar refractivity (Wildman–Crippen MR) is 245 cm³/mol. The number of unbranched alkanes of at least 4 members (excludes halogenated alkanes) is 33. The Morgan fingerprint density at radius 3 is 1.25 bits per heavy atom. The Bertz CT molecular complexity index is 931. The molecule has 1 saturated heterocycles. The fraction of sp³-hybridized carbons (Fsp3) is 0.980. The van der Waals surface area contributed by atoms with Gasteiger partial charge in [0.25, 0.3) is 0 Å². The van der Waals surface area contributed by atoms with Gasteiger partial charge >= 0.3 is 0 Å². The van der Waals surface area contributed by atoms with Crippen LogP contribution in [0.25, 0.3) is 0 Å². The van der Waals surface area contributed by atoms with E-state index in [9.17, 15) is 34.7 Å². The van der Waals surface area contributed by atoms with Crippen molar-refractivity contribution in [1.82, 2.24) is 5.32 Å². The lowest BCUT2D eigenvalue weighted by molar-refractivity contribution is -0.300. The van der Waals surface area contributed by atoms with Crippen molar-refractivity contribution in [3.8, 4) is 0 Å². The molecule has 1 fully saturated rings. The van der Waals surface area contributed by atoms with E-state index in [1.165, 1.54) is 173 Å². The van der Waals surface area contributed by atoms with Gasteiger partial charge < -0.3 is 40.3 Å². The molecule has 358 valence electrons. The lowest BCUT2D eigenvalue weighted by Gasteiger charge is -2.40. The van der Waals surface area contributed by atoms with Crippen LogP contribution >= 0.6 is 0 Å². The highest BCUT2D eigenvalue weighted by atomic mass is 19.1. The number of carbonyl (C=O) groups is 1. The van der Waals surface area contributed by atoms with Crippen molar-refractivity contribution in [3.63, 3.8) is 0 Å². The monoisotopic (exact) mass is 860 g/mol. The van der Waals surface area contributed by atoms with Gasteiger partial charge in [-0.1, -0.05) is 232 Å². The topological polar surface area (TPSA) is 149 Å². The Balaban J connectivity index is 2.26. The largest absolute Gasteiger partial charge is 0.390 e. The standard InChI is InChI=1S/C50H98FNO8/c1-3-5-7-9-11-13-15-17-18-19-20-21-22-23-24-25-26-27-29-31-33-35-37-39-45(54)52-42(41-59-50-49(58)48(57)47(56)44(40-51)60-50)46(55)43(53)38-36-34-32-30-28-16-14-12-10-8-6-4-2/h42-44,46-50,53,55-58H,3-41H2,1-2H3,(H,52,54)/t42-,43+,44?,46-,47-,48-,49?,50+/m0/s1. The molecule has 10 heteroatoms. The molecule has 1 amide bonds. The molecule has 0 aliphatic carbocycles. The molecule has 8 atom stereocenters. The molecule has 2 unspecified atom stereocenters. The summed E-state index contributed by atoms with van der Waals surface area (Å²) < 4.78 is 24.4. The minimum Gasteiger partial charge on any atom is -0.390 e. The number of hydrogen-bond donors (Lipinski definition) is 6. The first-order valence-corrected chi connectivity index (χ1v) is 25.8. The molecule has 0 spiro atoms. The van der Waals surface area contributed by atoms with Gasteiger partial charge in [-0.05, 0) is 12.8 Å². The molecule has 0 radical (unpaired) electrons. The van der Waals surface area contributed by atoms with Crippen LogP contribution in [0.4, 0.5) is 4.39 Å². The number of aliphatic hydroxyl groups is 5. The molecule has 6 N–H and O–H groups in total. The van der Waals surface area contributed by atoms with E-state index >= 15 is 0 Å². The quantitative estimate of drug-likeness (QED) is 0.0332. The molecule has 1 aliphatic heterocycles. The van der Waals surface area contributed by atoms with Crippen molar-refractivity contribution in [3.05, 3.63) is 0 Å².